The number of likely N-dealkylation sites (N-methyl/N-ethyl adjacent to an activating group) is 1. The summed E-state index contributed by atoms with van der Waals surface area (Å²) < 4.78 is 10.2. The quantitative estimate of drug-likeness (QED) is 0.716. The topological polar surface area (TPSA) is 55.8 Å². The van der Waals surface area contributed by atoms with Gasteiger partial charge < -0.3 is 19.2 Å². The monoisotopic (exact) mass is 237 g/mol. The van der Waals surface area contributed by atoms with Gasteiger partial charge in [-0.25, -0.2) is 0 Å². The van der Waals surface area contributed by atoms with E-state index in [2.05, 4.69) is 0 Å². The molecule has 0 unspecified atom stereocenters. The van der Waals surface area contributed by atoms with Crippen molar-refractivity contribution in [3.63, 3.8) is 0 Å². The highest BCUT2D eigenvalue weighted by molar-refractivity contribution is 5.95. The summed E-state index contributed by atoms with van der Waals surface area (Å²) in [6.07, 6.45) is 0.679. The number of rotatable bonds is 5. The summed E-state index contributed by atoms with van der Waals surface area (Å²) in [5.41, 5.74) is 0.451. The molecule has 17 heavy (non-hydrogen) atoms. The number of methoxy groups -OCH3 is 2. The highest BCUT2D eigenvalue weighted by Crippen LogP contribution is 2.27. The van der Waals surface area contributed by atoms with Gasteiger partial charge in [0.15, 0.2) is 11.5 Å². The Kier molecular flexibility index (Phi) is 4.51. The lowest BCUT2D eigenvalue weighted by atomic mass is 10.2. The van der Waals surface area contributed by atoms with E-state index in [4.69, 9.17) is 9.47 Å². The fourth-order valence-electron chi connectivity index (χ4n) is 1.38. The van der Waals surface area contributed by atoms with E-state index in [1.165, 1.54) is 19.1 Å². The van der Waals surface area contributed by atoms with Crippen LogP contribution in [-0.4, -0.2) is 44.9 Å². The van der Waals surface area contributed by atoms with Crippen molar-refractivity contribution < 1.29 is 19.1 Å². The Labute approximate surface area is 99.9 Å². The zero-order valence-electron chi connectivity index (χ0n) is 10.1. The number of hydrogen-bond acceptors (Lipinski definition) is 4. The molecule has 0 heterocycles. The number of amides is 1. The average Bonchev–Trinajstić information content (AvgIpc) is 2.37. The van der Waals surface area contributed by atoms with E-state index in [-0.39, 0.29) is 12.5 Å². The minimum atomic E-state index is -0.238. The summed E-state index contributed by atoms with van der Waals surface area (Å²) in [5.74, 6) is 0.804. The van der Waals surface area contributed by atoms with Crippen LogP contribution in [0, 0.1) is 0 Å². The third kappa shape index (κ3) is 2.96. The first kappa shape index (κ1) is 13.0. The van der Waals surface area contributed by atoms with Crippen LogP contribution in [0.1, 0.15) is 10.4 Å². The zero-order chi connectivity index (χ0) is 12.8. The summed E-state index contributed by atoms with van der Waals surface area (Å²) in [4.78, 5) is 23.5. The molecule has 0 atom stereocenters. The lowest BCUT2D eigenvalue weighted by Crippen LogP contribution is -2.28. The molecule has 1 aromatic carbocycles. The molecule has 0 aliphatic rings. The van der Waals surface area contributed by atoms with Crippen LogP contribution in [0.25, 0.3) is 0 Å². The van der Waals surface area contributed by atoms with Crippen molar-refractivity contribution in [1.29, 1.82) is 0 Å². The van der Waals surface area contributed by atoms with Gasteiger partial charge in [-0.15, -0.1) is 0 Å². The van der Waals surface area contributed by atoms with E-state index in [0.717, 1.165) is 0 Å². The minimum Gasteiger partial charge on any atom is -0.493 e. The average molecular weight is 237 g/mol. The molecule has 1 amide bonds. The molecule has 0 saturated carbocycles. The molecular formula is C12H15NO4. The predicted octanol–water partition coefficient (Wildman–Crippen LogP) is 0.975. The van der Waals surface area contributed by atoms with Gasteiger partial charge in [-0.1, -0.05) is 0 Å². The van der Waals surface area contributed by atoms with Crippen molar-refractivity contribution in [2.75, 3.05) is 27.8 Å². The summed E-state index contributed by atoms with van der Waals surface area (Å²) in [5, 5.41) is 0. The Balaban J connectivity index is 2.99. The summed E-state index contributed by atoms with van der Waals surface area (Å²) >= 11 is 0. The number of benzene rings is 1. The van der Waals surface area contributed by atoms with Crippen LogP contribution in [0.2, 0.25) is 0 Å². The molecule has 5 heteroatoms. The Morgan fingerprint density at radius 1 is 1.29 bits per heavy atom. The number of nitrogens with zero attached hydrogens (tertiary/aromatic N) is 1. The van der Waals surface area contributed by atoms with Crippen LogP contribution in [0.5, 0.6) is 11.5 Å². The van der Waals surface area contributed by atoms with Crippen molar-refractivity contribution >= 4 is 12.2 Å². The standard InChI is InChI=1S/C12H15NO4/c1-13(6-7-14)12(15)9-4-5-10(16-2)11(8-9)17-3/h4-5,7-8H,6H2,1-3H3. The highest BCUT2D eigenvalue weighted by Gasteiger charge is 2.14. The third-order valence-corrected chi connectivity index (χ3v) is 2.33. The molecule has 1 rings (SSSR count). The van der Waals surface area contributed by atoms with Crippen molar-refractivity contribution in [3.05, 3.63) is 23.8 Å². The van der Waals surface area contributed by atoms with Crippen molar-refractivity contribution in [2.24, 2.45) is 0 Å². The van der Waals surface area contributed by atoms with Gasteiger partial charge in [0.05, 0.1) is 20.8 Å². The SMILES string of the molecule is COc1ccc(C(=O)N(C)CC=O)cc1OC. The van der Waals surface area contributed by atoms with Crippen LogP contribution in [0.4, 0.5) is 0 Å². The molecule has 0 spiro atoms. The molecule has 0 fully saturated rings. The molecular weight excluding hydrogens is 222 g/mol. The fraction of sp³-hybridized carbons (Fsp3) is 0.333. The molecule has 5 nitrogen and oxygen atoms in total. The van der Waals surface area contributed by atoms with Crippen molar-refractivity contribution in [1.82, 2.24) is 4.90 Å². The third-order valence-electron chi connectivity index (χ3n) is 2.33. The molecule has 0 radical (unpaired) electrons. The summed E-state index contributed by atoms with van der Waals surface area (Å²) in [7, 11) is 4.59. The van der Waals surface area contributed by atoms with Gasteiger partial charge in [0.25, 0.3) is 5.91 Å². The minimum absolute atomic E-state index is 0.0627. The molecule has 0 saturated heterocycles. The maximum atomic E-state index is 11.9. The van der Waals surface area contributed by atoms with Gasteiger partial charge in [-0.2, -0.15) is 0 Å². The Bertz CT molecular complexity index is 417. The second kappa shape index (κ2) is 5.89. The first-order valence-electron chi connectivity index (χ1n) is 5.05. The van der Waals surface area contributed by atoms with Crippen LogP contribution in [-0.2, 0) is 4.79 Å². The van der Waals surface area contributed by atoms with Crippen LogP contribution in [0.15, 0.2) is 18.2 Å². The van der Waals surface area contributed by atoms with E-state index in [1.807, 2.05) is 0 Å². The van der Waals surface area contributed by atoms with E-state index < -0.39 is 0 Å². The number of ether oxygens (including phenoxy) is 2. The Morgan fingerprint density at radius 2 is 1.94 bits per heavy atom. The van der Waals surface area contributed by atoms with Crippen molar-refractivity contribution in [3.8, 4) is 11.5 Å². The number of aldehydes is 1. The Hall–Kier alpha value is -2.04. The molecule has 92 valence electrons. The molecule has 0 aromatic heterocycles. The molecule has 0 aliphatic heterocycles. The lowest BCUT2D eigenvalue weighted by Gasteiger charge is -2.15. The molecule has 0 bridgehead atoms. The van der Waals surface area contributed by atoms with Gasteiger partial charge in [0, 0.05) is 12.6 Å². The summed E-state index contributed by atoms with van der Waals surface area (Å²) in [6, 6.07) is 4.87. The first-order chi connectivity index (χ1) is 8.13. The van der Waals surface area contributed by atoms with E-state index >= 15 is 0 Å². The lowest BCUT2D eigenvalue weighted by molar-refractivity contribution is -0.108. The second-order valence-electron chi connectivity index (χ2n) is 3.42. The van der Waals surface area contributed by atoms with Gasteiger partial charge in [-0.05, 0) is 18.2 Å². The van der Waals surface area contributed by atoms with Crippen molar-refractivity contribution in [2.45, 2.75) is 0 Å². The Morgan fingerprint density at radius 3 is 2.47 bits per heavy atom. The van der Waals surface area contributed by atoms with Gasteiger partial charge in [0.1, 0.15) is 6.29 Å². The molecule has 0 N–H and O–H groups in total. The van der Waals surface area contributed by atoms with E-state index in [9.17, 15) is 9.59 Å². The first-order valence-corrected chi connectivity index (χ1v) is 5.05. The smallest absolute Gasteiger partial charge is 0.254 e. The molecule has 1 aromatic rings. The number of carbonyl (C=O) groups excluding carboxylic acids is 2. The maximum Gasteiger partial charge on any atom is 0.254 e. The predicted molar refractivity (Wildman–Crippen MR) is 62.6 cm³/mol. The number of hydrogen-bond donors (Lipinski definition) is 0. The normalized spacial score (nSPS) is 9.59. The van der Waals surface area contributed by atoms with E-state index in [0.29, 0.717) is 23.3 Å². The van der Waals surface area contributed by atoms with Gasteiger partial charge in [0.2, 0.25) is 0 Å². The van der Waals surface area contributed by atoms with Crippen LogP contribution >= 0.6 is 0 Å². The van der Waals surface area contributed by atoms with E-state index in [1.54, 1.807) is 25.2 Å². The van der Waals surface area contributed by atoms with Crippen LogP contribution in [0.3, 0.4) is 0 Å². The van der Waals surface area contributed by atoms with Crippen LogP contribution < -0.4 is 9.47 Å². The fourth-order valence-corrected chi connectivity index (χ4v) is 1.38. The second-order valence-corrected chi connectivity index (χ2v) is 3.42. The number of carbonyl (C=O) groups is 2. The molecule has 0 aliphatic carbocycles. The zero-order valence-corrected chi connectivity index (χ0v) is 10.1. The highest BCUT2D eigenvalue weighted by atomic mass is 16.5. The maximum absolute atomic E-state index is 11.9. The van der Waals surface area contributed by atoms with Gasteiger partial charge >= 0.3 is 0 Å². The van der Waals surface area contributed by atoms with Gasteiger partial charge in [-0.3, -0.25) is 4.79 Å². The summed E-state index contributed by atoms with van der Waals surface area (Å²) in [6.45, 7) is 0.0627. The largest absolute Gasteiger partial charge is 0.493 e.